The largest absolute Gasteiger partial charge is 0.454 e. The number of nitrogens with one attached hydrogen (secondary N) is 1. The van der Waals surface area contributed by atoms with Gasteiger partial charge in [0.25, 0.3) is 11.8 Å². The summed E-state index contributed by atoms with van der Waals surface area (Å²) >= 11 is 6.17. The molecule has 1 N–H and O–H groups in total. The SMILES string of the molecule is Cc1[nH]c2ccccc2c1C(=O)COC(=O)c1ccc2c(c1)C(=O)N(c1ccccc1Cl)C2=O. The fraction of sp³-hybridized carbons (Fsp3) is 0.0769. The lowest BCUT2D eigenvalue weighted by molar-refractivity contribution is 0.0475. The van der Waals surface area contributed by atoms with Gasteiger partial charge in [0.05, 0.1) is 27.4 Å². The van der Waals surface area contributed by atoms with E-state index in [1.807, 2.05) is 24.3 Å². The number of ketones is 1. The number of rotatable bonds is 5. The number of benzene rings is 3. The minimum Gasteiger partial charge on any atom is -0.454 e. The molecule has 3 aromatic carbocycles. The molecular formula is C26H17ClN2O5. The number of para-hydroxylation sites is 2. The van der Waals surface area contributed by atoms with Crippen molar-refractivity contribution in [3.63, 3.8) is 0 Å². The van der Waals surface area contributed by atoms with Crippen molar-refractivity contribution in [1.82, 2.24) is 4.98 Å². The summed E-state index contributed by atoms with van der Waals surface area (Å²) < 4.78 is 5.24. The molecule has 5 rings (SSSR count). The second kappa shape index (κ2) is 8.28. The van der Waals surface area contributed by atoms with Gasteiger partial charge in [-0.15, -0.1) is 0 Å². The zero-order chi connectivity index (χ0) is 24.0. The molecule has 0 fully saturated rings. The first-order valence-corrected chi connectivity index (χ1v) is 10.8. The summed E-state index contributed by atoms with van der Waals surface area (Å²) in [4.78, 5) is 55.3. The van der Waals surface area contributed by atoms with Crippen molar-refractivity contribution in [3.05, 3.63) is 99.7 Å². The Morgan fingerprint density at radius 2 is 1.65 bits per heavy atom. The summed E-state index contributed by atoms with van der Waals surface area (Å²) in [6.07, 6.45) is 0. The van der Waals surface area contributed by atoms with Gasteiger partial charge in [-0.05, 0) is 43.3 Å². The molecule has 34 heavy (non-hydrogen) atoms. The summed E-state index contributed by atoms with van der Waals surface area (Å²) in [5, 5.41) is 1.00. The van der Waals surface area contributed by atoms with Gasteiger partial charge in [0, 0.05) is 22.2 Å². The summed E-state index contributed by atoms with van der Waals surface area (Å²) in [7, 11) is 0. The molecule has 168 valence electrons. The number of hydrogen-bond donors (Lipinski definition) is 1. The minimum absolute atomic E-state index is 0.0596. The number of halogens is 1. The van der Waals surface area contributed by atoms with Crippen LogP contribution in [0, 0.1) is 6.92 Å². The van der Waals surface area contributed by atoms with E-state index in [0.717, 1.165) is 15.8 Å². The highest BCUT2D eigenvalue weighted by molar-refractivity contribution is 6.39. The summed E-state index contributed by atoms with van der Waals surface area (Å²) in [5.74, 6) is -2.24. The standard InChI is InChI=1S/C26H17ClN2O5/c1-14-23(17-6-2-4-8-20(17)28-14)22(30)13-34-26(33)15-10-11-16-18(12-15)25(32)29(24(16)31)21-9-5-3-7-19(21)27/h2-12,28H,13H2,1H3. The van der Waals surface area contributed by atoms with Crippen molar-refractivity contribution >= 4 is 51.8 Å². The highest BCUT2D eigenvalue weighted by atomic mass is 35.5. The van der Waals surface area contributed by atoms with E-state index in [1.54, 1.807) is 31.2 Å². The van der Waals surface area contributed by atoms with Crippen molar-refractivity contribution in [3.8, 4) is 0 Å². The Hall–Kier alpha value is -4.23. The van der Waals surface area contributed by atoms with Gasteiger partial charge in [0.1, 0.15) is 0 Å². The van der Waals surface area contributed by atoms with Gasteiger partial charge in [-0.3, -0.25) is 14.4 Å². The van der Waals surface area contributed by atoms with E-state index >= 15 is 0 Å². The third-order valence-corrected chi connectivity index (χ3v) is 6.04. The quantitative estimate of drug-likeness (QED) is 0.251. The second-order valence-corrected chi connectivity index (χ2v) is 8.23. The monoisotopic (exact) mass is 472 g/mol. The summed E-state index contributed by atoms with van der Waals surface area (Å²) in [6.45, 7) is 1.32. The molecular weight excluding hydrogens is 456 g/mol. The van der Waals surface area contributed by atoms with Crippen LogP contribution in [0.1, 0.15) is 47.1 Å². The molecule has 1 aliphatic rings. The first-order chi connectivity index (χ1) is 16.4. The van der Waals surface area contributed by atoms with E-state index < -0.39 is 24.4 Å². The Morgan fingerprint density at radius 1 is 0.941 bits per heavy atom. The molecule has 0 unspecified atom stereocenters. The van der Waals surface area contributed by atoms with E-state index in [1.165, 1.54) is 18.2 Å². The molecule has 4 aromatic rings. The van der Waals surface area contributed by atoms with Crippen LogP contribution in [0.3, 0.4) is 0 Å². The van der Waals surface area contributed by atoms with Crippen LogP contribution in [0.5, 0.6) is 0 Å². The van der Waals surface area contributed by atoms with Gasteiger partial charge in [-0.2, -0.15) is 0 Å². The molecule has 8 heteroatoms. The molecule has 0 spiro atoms. The first kappa shape index (κ1) is 21.6. The number of amides is 2. The predicted molar refractivity (Wildman–Crippen MR) is 127 cm³/mol. The molecule has 0 bridgehead atoms. The van der Waals surface area contributed by atoms with Crippen molar-refractivity contribution in [2.45, 2.75) is 6.92 Å². The number of aromatic amines is 1. The molecule has 0 aliphatic carbocycles. The molecule has 0 atom stereocenters. The number of H-pyrrole nitrogens is 1. The third-order valence-electron chi connectivity index (χ3n) is 5.72. The summed E-state index contributed by atoms with van der Waals surface area (Å²) in [5.41, 5.74) is 2.52. The predicted octanol–water partition coefficient (Wildman–Crippen LogP) is 4.97. The number of Topliss-reactive ketones (excluding diaryl/α,β-unsaturated/α-hetero) is 1. The number of anilines is 1. The van der Waals surface area contributed by atoms with Gasteiger partial charge in [-0.1, -0.05) is 41.9 Å². The van der Waals surface area contributed by atoms with E-state index in [4.69, 9.17) is 16.3 Å². The Bertz CT molecular complexity index is 1520. The lowest BCUT2D eigenvalue weighted by Crippen LogP contribution is -2.29. The van der Waals surface area contributed by atoms with Crippen molar-refractivity contribution < 1.29 is 23.9 Å². The van der Waals surface area contributed by atoms with Gasteiger partial charge in [0.15, 0.2) is 6.61 Å². The number of imide groups is 1. The zero-order valence-corrected chi connectivity index (χ0v) is 18.7. The Morgan fingerprint density at radius 3 is 2.44 bits per heavy atom. The first-order valence-electron chi connectivity index (χ1n) is 10.4. The smallest absolute Gasteiger partial charge is 0.338 e. The molecule has 2 amide bonds. The van der Waals surface area contributed by atoms with E-state index in [9.17, 15) is 19.2 Å². The van der Waals surface area contributed by atoms with Crippen LogP contribution >= 0.6 is 11.6 Å². The number of aryl methyl sites for hydroxylation is 1. The van der Waals surface area contributed by atoms with Crippen molar-refractivity contribution in [2.24, 2.45) is 0 Å². The maximum Gasteiger partial charge on any atom is 0.338 e. The number of hydrogen-bond acceptors (Lipinski definition) is 5. The average molecular weight is 473 g/mol. The number of aromatic nitrogens is 1. The zero-order valence-electron chi connectivity index (χ0n) is 17.9. The average Bonchev–Trinajstić information content (AvgIpc) is 3.30. The third kappa shape index (κ3) is 3.47. The molecule has 0 saturated carbocycles. The number of carbonyl (C=O) groups excluding carboxylic acids is 4. The molecule has 7 nitrogen and oxygen atoms in total. The fourth-order valence-corrected chi connectivity index (χ4v) is 4.36. The van der Waals surface area contributed by atoms with Gasteiger partial charge < -0.3 is 9.72 Å². The molecule has 1 aromatic heterocycles. The second-order valence-electron chi connectivity index (χ2n) is 7.83. The maximum absolute atomic E-state index is 13.0. The van der Waals surface area contributed by atoms with Gasteiger partial charge in [-0.25, -0.2) is 9.69 Å². The van der Waals surface area contributed by atoms with E-state index in [-0.39, 0.29) is 33.2 Å². The van der Waals surface area contributed by atoms with E-state index in [2.05, 4.69) is 4.98 Å². The van der Waals surface area contributed by atoms with Crippen LogP contribution in [0.2, 0.25) is 5.02 Å². The van der Waals surface area contributed by atoms with Crippen molar-refractivity contribution in [2.75, 3.05) is 11.5 Å². The minimum atomic E-state index is -0.773. The maximum atomic E-state index is 13.0. The lowest BCUT2D eigenvalue weighted by Gasteiger charge is -2.15. The number of ether oxygens (including phenoxy) is 1. The Balaban J connectivity index is 1.35. The highest BCUT2D eigenvalue weighted by Crippen LogP contribution is 2.33. The fourth-order valence-electron chi connectivity index (χ4n) is 4.14. The highest BCUT2D eigenvalue weighted by Gasteiger charge is 2.38. The number of esters is 1. The summed E-state index contributed by atoms with van der Waals surface area (Å²) in [6, 6.07) is 18.0. The lowest BCUT2D eigenvalue weighted by atomic mass is 10.1. The molecule has 0 saturated heterocycles. The van der Waals surface area contributed by atoms with Crippen LogP contribution < -0.4 is 4.90 Å². The molecule has 1 aliphatic heterocycles. The van der Waals surface area contributed by atoms with Crippen molar-refractivity contribution in [1.29, 1.82) is 0 Å². The van der Waals surface area contributed by atoms with Crippen LogP contribution in [0.4, 0.5) is 5.69 Å². The number of fused-ring (bicyclic) bond motifs is 2. The molecule has 0 radical (unpaired) electrons. The van der Waals surface area contributed by atoms with Crippen LogP contribution in [-0.2, 0) is 4.74 Å². The van der Waals surface area contributed by atoms with Crippen LogP contribution in [-0.4, -0.2) is 35.2 Å². The topological polar surface area (TPSA) is 96.5 Å². The van der Waals surface area contributed by atoms with Gasteiger partial charge >= 0.3 is 5.97 Å². The number of nitrogens with zero attached hydrogens (tertiary/aromatic N) is 1. The van der Waals surface area contributed by atoms with Crippen LogP contribution in [0.25, 0.3) is 10.9 Å². The van der Waals surface area contributed by atoms with Gasteiger partial charge in [0.2, 0.25) is 5.78 Å². The Kier molecular flexibility index (Phi) is 5.26. The normalized spacial score (nSPS) is 12.8. The molecule has 2 heterocycles. The van der Waals surface area contributed by atoms with E-state index in [0.29, 0.717) is 11.3 Å². The Labute approximate surface area is 198 Å². The van der Waals surface area contributed by atoms with Crippen LogP contribution in [0.15, 0.2) is 66.7 Å². The number of carbonyl (C=O) groups is 4.